The Labute approximate surface area is 192 Å². The summed E-state index contributed by atoms with van der Waals surface area (Å²) in [7, 11) is 0. The predicted octanol–water partition coefficient (Wildman–Crippen LogP) is 5.25. The van der Waals surface area contributed by atoms with Crippen molar-refractivity contribution >= 4 is 23.2 Å². The van der Waals surface area contributed by atoms with Gasteiger partial charge in [-0.15, -0.1) is 0 Å². The third kappa shape index (κ3) is 3.79. The number of hydrogen-bond donors (Lipinski definition) is 1. The summed E-state index contributed by atoms with van der Waals surface area (Å²) >= 11 is 6.23. The van der Waals surface area contributed by atoms with E-state index in [0.717, 1.165) is 33.7 Å². The second-order valence-electron chi connectivity index (χ2n) is 8.46. The summed E-state index contributed by atoms with van der Waals surface area (Å²) in [6.07, 6.45) is 3.52. The van der Waals surface area contributed by atoms with Crippen molar-refractivity contribution in [3.63, 3.8) is 0 Å². The summed E-state index contributed by atoms with van der Waals surface area (Å²) < 4.78 is 5.98. The van der Waals surface area contributed by atoms with Crippen LogP contribution in [0.4, 0.5) is 5.69 Å². The van der Waals surface area contributed by atoms with Gasteiger partial charge in [0.2, 0.25) is 5.91 Å². The lowest BCUT2D eigenvalue weighted by atomic mass is 9.76. The van der Waals surface area contributed by atoms with Gasteiger partial charge in [-0.05, 0) is 59.9 Å². The normalized spacial score (nSPS) is 19.4. The summed E-state index contributed by atoms with van der Waals surface area (Å²) in [4.78, 5) is 14.5. The largest absolute Gasteiger partial charge is 0.489 e. The molecular weight excluding hydrogens is 422 g/mol. The van der Waals surface area contributed by atoms with E-state index in [9.17, 15) is 10.1 Å². The third-order valence-corrected chi connectivity index (χ3v) is 6.75. The molecule has 5 nitrogen and oxygen atoms in total. The molecule has 6 heteroatoms. The maximum absolute atomic E-state index is 12.8. The highest BCUT2D eigenvalue weighted by Crippen LogP contribution is 2.42. The monoisotopic (exact) mass is 443 g/mol. The Morgan fingerprint density at radius 2 is 1.94 bits per heavy atom. The lowest BCUT2D eigenvalue weighted by Crippen LogP contribution is -2.43. The fourth-order valence-electron chi connectivity index (χ4n) is 4.57. The van der Waals surface area contributed by atoms with Gasteiger partial charge >= 0.3 is 0 Å². The van der Waals surface area contributed by atoms with Crippen molar-refractivity contribution in [2.24, 2.45) is 5.41 Å². The van der Waals surface area contributed by atoms with Crippen LogP contribution in [0.25, 0.3) is 11.1 Å². The van der Waals surface area contributed by atoms with Crippen LogP contribution in [0.15, 0.2) is 66.7 Å². The number of hydrogen-bond acceptors (Lipinski definition) is 4. The first-order valence-corrected chi connectivity index (χ1v) is 11.0. The van der Waals surface area contributed by atoms with E-state index in [1.54, 1.807) is 4.90 Å². The highest BCUT2D eigenvalue weighted by molar-refractivity contribution is 6.31. The number of fused-ring (bicyclic) bond motifs is 1. The second-order valence-corrected chi connectivity index (χ2v) is 8.87. The van der Waals surface area contributed by atoms with Crippen molar-refractivity contribution in [2.45, 2.75) is 19.4 Å². The molecule has 0 aromatic heterocycles. The summed E-state index contributed by atoms with van der Waals surface area (Å²) in [5, 5.41) is 13.0. The zero-order valence-corrected chi connectivity index (χ0v) is 18.2. The summed E-state index contributed by atoms with van der Waals surface area (Å²) in [5.74, 6) is 0.788. The number of nitrogens with zero attached hydrogens (tertiary/aromatic N) is 2. The number of likely N-dealkylation sites (tertiary alicyclic amines) is 1. The van der Waals surface area contributed by atoms with Crippen LogP contribution in [-0.2, 0) is 17.8 Å². The molecule has 0 aliphatic carbocycles. The van der Waals surface area contributed by atoms with Crippen molar-refractivity contribution in [1.29, 1.82) is 5.26 Å². The molecule has 1 N–H and O–H groups in total. The van der Waals surface area contributed by atoms with E-state index in [2.05, 4.69) is 17.6 Å². The van der Waals surface area contributed by atoms with E-state index in [-0.39, 0.29) is 5.91 Å². The molecule has 160 valence electrons. The van der Waals surface area contributed by atoms with Gasteiger partial charge in [0, 0.05) is 29.4 Å². The van der Waals surface area contributed by atoms with E-state index in [1.165, 1.54) is 0 Å². The van der Waals surface area contributed by atoms with Gasteiger partial charge in [-0.3, -0.25) is 4.79 Å². The Balaban J connectivity index is 1.38. The standard InChI is InChI=1S/C26H22ClN3O2/c27-23-7-2-1-4-20(23)15-32-22-6-3-5-18(13-22)19-8-9-24-21(12-19)14-26(25(31)29-24)10-11-30(16-26)17-28/h1-9,12-13H,10-11,14-16H2,(H,29,31). The Morgan fingerprint density at radius 3 is 2.75 bits per heavy atom. The molecule has 1 saturated heterocycles. The summed E-state index contributed by atoms with van der Waals surface area (Å²) in [6, 6.07) is 21.7. The molecule has 2 heterocycles. The summed E-state index contributed by atoms with van der Waals surface area (Å²) in [5.41, 5.74) is 4.47. The predicted molar refractivity (Wildman–Crippen MR) is 124 cm³/mol. The number of anilines is 1. The van der Waals surface area contributed by atoms with E-state index in [4.69, 9.17) is 16.3 Å². The zero-order chi connectivity index (χ0) is 22.1. The number of amides is 1. The quantitative estimate of drug-likeness (QED) is 0.559. The first kappa shape index (κ1) is 20.4. The van der Waals surface area contributed by atoms with Gasteiger partial charge < -0.3 is 15.0 Å². The molecule has 1 amide bonds. The highest BCUT2D eigenvalue weighted by Gasteiger charge is 2.47. The molecule has 0 radical (unpaired) electrons. The number of nitrogens with one attached hydrogen (secondary N) is 1. The molecule has 0 bridgehead atoms. The molecule has 2 aliphatic heterocycles. The molecule has 1 spiro atoms. The van der Waals surface area contributed by atoms with Crippen LogP contribution >= 0.6 is 11.6 Å². The minimum absolute atomic E-state index is 0.0190. The molecule has 2 aliphatic rings. The fourth-order valence-corrected chi connectivity index (χ4v) is 4.76. The van der Waals surface area contributed by atoms with Crippen LogP contribution in [0.3, 0.4) is 0 Å². The van der Waals surface area contributed by atoms with Crippen LogP contribution in [-0.4, -0.2) is 23.9 Å². The van der Waals surface area contributed by atoms with Crippen LogP contribution in [0.2, 0.25) is 5.02 Å². The summed E-state index contributed by atoms with van der Waals surface area (Å²) in [6.45, 7) is 1.51. The average Bonchev–Trinajstić information content (AvgIpc) is 3.23. The second kappa shape index (κ2) is 8.22. The van der Waals surface area contributed by atoms with E-state index < -0.39 is 5.41 Å². The molecule has 0 saturated carbocycles. The minimum Gasteiger partial charge on any atom is -0.489 e. The number of carbonyl (C=O) groups is 1. The number of nitriles is 1. The van der Waals surface area contributed by atoms with Gasteiger partial charge in [-0.2, -0.15) is 5.26 Å². The molecule has 3 aromatic rings. The van der Waals surface area contributed by atoms with Crippen molar-refractivity contribution < 1.29 is 9.53 Å². The number of carbonyl (C=O) groups excluding carboxylic acids is 1. The van der Waals surface area contributed by atoms with Crippen LogP contribution < -0.4 is 10.1 Å². The van der Waals surface area contributed by atoms with Gasteiger partial charge in [0.15, 0.2) is 6.19 Å². The van der Waals surface area contributed by atoms with Crippen LogP contribution in [0.1, 0.15) is 17.5 Å². The van der Waals surface area contributed by atoms with Crippen molar-refractivity contribution in [3.8, 4) is 23.1 Å². The molecule has 1 fully saturated rings. The van der Waals surface area contributed by atoms with Gasteiger partial charge in [0.05, 0.1) is 5.41 Å². The Kier molecular flexibility index (Phi) is 5.24. The third-order valence-electron chi connectivity index (χ3n) is 6.38. The zero-order valence-electron chi connectivity index (χ0n) is 17.5. The number of halogens is 1. The Morgan fingerprint density at radius 1 is 1.09 bits per heavy atom. The topological polar surface area (TPSA) is 65.4 Å². The Bertz CT molecular complexity index is 1240. The lowest BCUT2D eigenvalue weighted by Gasteiger charge is -2.33. The first-order chi connectivity index (χ1) is 15.6. The average molecular weight is 444 g/mol. The van der Waals surface area contributed by atoms with E-state index in [1.807, 2.05) is 60.7 Å². The van der Waals surface area contributed by atoms with Crippen molar-refractivity contribution in [2.75, 3.05) is 18.4 Å². The van der Waals surface area contributed by atoms with Crippen molar-refractivity contribution in [3.05, 3.63) is 82.9 Å². The smallest absolute Gasteiger partial charge is 0.232 e. The minimum atomic E-state index is -0.527. The molecule has 32 heavy (non-hydrogen) atoms. The van der Waals surface area contributed by atoms with Gasteiger partial charge in [-0.25, -0.2) is 0 Å². The molecule has 1 atom stereocenters. The van der Waals surface area contributed by atoms with Gasteiger partial charge in [-0.1, -0.05) is 48.0 Å². The SMILES string of the molecule is N#CN1CCC2(Cc3cc(-c4cccc(OCc5ccccc5Cl)c4)ccc3NC2=O)C1. The van der Waals surface area contributed by atoms with E-state index >= 15 is 0 Å². The van der Waals surface area contributed by atoms with Crippen molar-refractivity contribution in [1.82, 2.24) is 4.90 Å². The highest BCUT2D eigenvalue weighted by atomic mass is 35.5. The van der Waals surface area contributed by atoms with E-state index in [0.29, 0.717) is 37.6 Å². The number of rotatable bonds is 4. The molecule has 1 unspecified atom stereocenters. The molecule has 3 aromatic carbocycles. The first-order valence-electron chi connectivity index (χ1n) is 10.6. The Hall–Kier alpha value is -3.49. The fraction of sp³-hybridized carbons (Fsp3) is 0.231. The lowest BCUT2D eigenvalue weighted by molar-refractivity contribution is -0.125. The number of benzene rings is 3. The maximum Gasteiger partial charge on any atom is 0.232 e. The van der Waals surface area contributed by atoms with Crippen LogP contribution in [0.5, 0.6) is 5.75 Å². The maximum atomic E-state index is 12.8. The molecule has 5 rings (SSSR count). The molecular formula is C26H22ClN3O2. The van der Waals surface area contributed by atoms with Gasteiger partial charge in [0.25, 0.3) is 0 Å². The van der Waals surface area contributed by atoms with Crippen LogP contribution in [0, 0.1) is 16.9 Å². The number of ether oxygens (including phenoxy) is 1. The van der Waals surface area contributed by atoms with Gasteiger partial charge in [0.1, 0.15) is 12.4 Å².